The van der Waals surface area contributed by atoms with E-state index in [1.54, 1.807) is 0 Å². The minimum atomic E-state index is -0.316. The monoisotopic (exact) mass is 295 g/mol. The minimum Gasteiger partial charge on any atom is -0.389 e. The Balaban J connectivity index is 1.95. The molecule has 0 bridgehead atoms. The fraction of sp³-hybridized carbons (Fsp3) is 0.562. The van der Waals surface area contributed by atoms with Gasteiger partial charge in [0.1, 0.15) is 10.8 Å². The average molecular weight is 295 g/mol. The number of hydrogen-bond acceptors (Lipinski definition) is 2. The summed E-state index contributed by atoms with van der Waals surface area (Å²) < 4.78 is 19.4. The van der Waals surface area contributed by atoms with Gasteiger partial charge in [-0.05, 0) is 42.5 Å². The maximum atomic E-state index is 13.5. The highest BCUT2D eigenvalue weighted by Crippen LogP contribution is 2.29. The molecule has 0 radical (unpaired) electrons. The van der Waals surface area contributed by atoms with Crippen molar-refractivity contribution in [3.8, 4) is 0 Å². The van der Waals surface area contributed by atoms with Gasteiger partial charge < -0.3 is 10.5 Å². The summed E-state index contributed by atoms with van der Waals surface area (Å²) in [5, 5.41) is 0. The van der Waals surface area contributed by atoms with E-state index in [0.717, 1.165) is 24.3 Å². The topological polar surface area (TPSA) is 35.2 Å². The Kier molecular flexibility index (Phi) is 5.49. The Morgan fingerprint density at radius 1 is 1.40 bits per heavy atom. The largest absolute Gasteiger partial charge is 0.389 e. The maximum absolute atomic E-state index is 13.5. The first-order valence-electron chi connectivity index (χ1n) is 7.29. The van der Waals surface area contributed by atoms with E-state index in [-0.39, 0.29) is 10.8 Å². The highest BCUT2D eigenvalue weighted by atomic mass is 32.1. The van der Waals surface area contributed by atoms with Gasteiger partial charge in [0.15, 0.2) is 0 Å². The summed E-state index contributed by atoms with van der Waals surface area (Å²) in [6.07, 6.45) is 6.27. The summed E-state index contributed by atoms with van der Waals surface area (Å²) >= 11 is 4.89. The van der Waals surface area contributed by atoms with Crippen molar-refractivity contribution in [2.24, 2.45) is 11.7 Å². The molecular formula is C16H22FNOS. The van der Waals surface area contributed by atoms with Crippen molar-refractivity contribution in [1.29, 1.82) is 0 Å². The summed E-state index contributed by atoms with van der Waals surface area (Å²) in [5.74, 6) is 0.456. The van der Waals surface area contributed by atoms with Crippen LogP contribution in [0.25, 0.3) is 0 Å². The minimum absolute atomic E-state index is 0.217. The molecule has 2 nitrogen and oxygen atoms in total. The van der Waals surface area contributed by atoms with Crippen molar-refractivity contribution in [3.05, 3.63) is 35.1 Å². The van der Waals surface area contributed by atoms with Crippen LogP contribution in [0.5, 0.6) is 0 Å². The molecule has 0 aromatic heterocycles. The molecule has 2 unspecified atom stereocenters. The van der Waals surface area contributed by atoms with Gasteiger partial charge in [-0.25, -0.2) is 4.39 Å². The van der Waals surface area contributed by atoms with Crippen molar-refractivity contribution in [2.45, 2.75) is 51.7 Å². The van der Waals surface area contributed by atoms with Gasteiger partial charge in [0, 0.05) is 5.56 Å². The third kappa shape index (κ3) is 4.25. The van der Waals surface area contributed by atoms with E-state index in [2.05, 4.69) is 6.92 Å². The van der Waals surface area contributed by atoms with E-state index < -0.39 is 0 Å². The SMILES string of the molecule is CCC1CCCC(OCc2cc(F)cc(C(N)=S)c2)C1. The van der Waals surface area contributed by atoms with E-state index >= 15 is 0 Å². The molecule has 20 heavy (non-hydrogen) atoms. The predicted octanol–water partition coefficient (Wildman–Crippen LogP) is 3.95. The van der Waals surface area contributed by atoms with Crippen molar-refractivity contribution < 1.29 is 9.13 Å². The second-order valence-corrected chi connectivity index (χ2v) is 6.03. The van der Waals surface area contributed by atoms with Gasteiger partial charge in [-0.15, -0.1) is 0 Å². The molecule has 1 aromatic rings. The molecule has 0 saturated heterocycles. The molecule has 0 amide bonds. The lowest BCUT2D eigenvalue weighted by molar-refractivity contribution is 0.00167. The Morgan fingerprint density at radius 2 is 2.20 bits per heavy atom. The second kappa shape index (κ2) is 7.14. The highest BCUT2D eigenvalue weighted by Gasteiger charge is 2.21. The Hall–Kier alpha value is -1.00. The maximum Gasteiger partial charge on any atom is 0.124 e. The van der Waals surface area contributed by atoms with Crippen LogP contribution in [0.1, 0.15) is 50.2 Å². The van der Waals surface area contributed by atoms with E-state index in [1.165, 1.54) is 31.4 Å². The average Bonchev–Trinajstić information content (AvgIpc) is 2.44. The third-order valence-corrected chi connectivity index (χ3v) is 4.28. The Morgan fingerprint density at radius 3 is 2.90 bits per heavy atom. The lowest BCUT2D eigenvalue weighted by Gasteiger charge is -2.28. The lowest BCUT2D eigenvalue weighted by atomic mass is 9.85. The van der Waals surface area contributed by atoms with Gasteiger partial charge in [0.25, 0.3) is 0 Å². The first-order valence-corrected chi connectivity index (χ1v) is 7.70. The molecule has 0 aliphatic heterocycles. The Bertz CT molecular complexity index is 478. The zero-order chi connectivity index (χ0) is 14.5. The van der Waals surface area contributed by atoms with Gasteiger partial charge in [0.05, 0.1) is 12.7 Å². The van der Waals surface area contributed by atoms with Crippen LogP contribution in [0.4, 0.5) is 4.39 Å². The van der Waals surface area contributed by atoms with Crippen LogP contribution in [-0.4, -0.2) is 11.1 Å². The highest BCUT2D eigenvalue weighted by molar-refractivity contribution is 7.80. The molecule has 110 valence electrons. The first kappa shape index (κ1) is 15.4. The van der Waals surface area contributed by atoms with Gasteiger partial charge in [-0.1, -0.05) is 38.4 Å². The number of rotatable bonds is 5. The Labute approximate surface area is 125 Å². The van der Waals surface area contributed by atoms with Crippen LogP contribution in [0, 0.1) is 11.7 Å². The van der Waals surface area contributed by atoms with Crippen molar-refractivity contribution in [3.63, 3.8) is 0 Å². The van der Waals surface area contributed by atoms with E-state index in [9.17, 15) is 4.39 Å². The molecule has 2 N–H and O–H groups in total. The summed E-state index contributed by atoms with van der Waals surface area (Å²) in [7, 11) is 0. The van der Waals surface area contributed by atoms with E-state index in [0.29, 0.717) is 18.3 Å². The van der Waals surface area contributed by atoms with E-state index in [1.807, 2.05) is 6.07 Å². The number of halogens is 1. The van der Waals surface area contributed by atoms with Crippen LogP contribution in [0.3, 0.4) is 0 Å². The fourth-order valence-electron chi connectivity index (χ4n) is 2.85. The van der Waals surface area contributed by atoms with Gasteiger partial charge in [-0.2, -0.15) is 0 Å². The van der Waals surface area contributed by atoms with Crippen LogP contribution in [0.15, 0.2) is 18.2 Å². The summed E-state index contributed by atoms with van der Waals surface area (Å²) in [5.41, 5.74) is 6.91. The lowest BCUT2D eigenvalue weighted by Crippen LogP contribution is -2.22. The predicted molar refractivity (Wildman–Crippen MR) is 83.1 cm³/mol. The second-order valence-electron chi connectivity index (χ2n) is 5.59. The molecule has 2 rings (SSSR count). The number of nitrogens with two attached hydrogens (primary N) is 1. The summed E-state index contributed by atoms with van der Waals surface area (Å²) in [6, 6.07) is 4.66. The number of hydrogen-bond donors (Lipinski definition) is 1. The molecular weight excluding hydrogens is 273 g/mol. The standard InChI is InChI=1S/C16H22FNOS/c1-2-11-4-3-5-15(8-11)19-10-12-6-13(16(18)20)9-14(17)7-12/h6-7,9,11,15H,2-5,8,10H2,1H3,(H2,18,20). The van der Waals surface area contributed by atoms with Crippen LogP contribution in [0.2, 0.25) is 0 Å². The quantitative estimate of drug-likeness (QED) is 0.836. The molecule has 4 heteroatoms. The van der Waals surface area contributed by atoms with Crippen molar-refractivity contribution in [2.75, 3.05) is 0 Å². The van der Waals surface area contributed by atoms with Crippen LogP contribution < -0.4 is 5.73 Å². The molecule has 1 saturated carbocycles. The number of benzene rings is 1. The zero-order valence-corrected chi connectivity index (χ0v) is 12.7. The molecule has 1 fully saturated rings. The zero-order valence-electron chi connectivity index (χ0n) is 11.9. The van der Waals surface area contributed by atoms with Crippen molar-refractivity contribution in [1.82, 2.24) is 0 Å². The molecule has 1 aliphatic rings. The summed E-state index contributed by atoms with van der Waals surface area (Å²) in [6.45, 7) is 2.66. The molecule has 1 aliphatic carbocycles. The normalized spacial score (nSPS) is 22.7. The first-order chi connectivity index (χ1) is 9.58. The molecule has 2 atom stereocenters. The fourth-order valence-corrected chi connectivity index (χ4v) is 2.97. The third-order valence-electron chi connectivity index (χ3n) is 4.04. The van der Waals surface area contributed by atoms with E-state index in [4.69, 9.17) is 22.7 Å². The smallest absolute Gasteiger partial charge is 0.124 e. The van der Waals surface area contributed by atoms with Crippen LogP contribution >= 0.6 is 12.2 Å². The van der Waals surface area contributed by atoms with Gasteiger partial charge in [0.2, 0.25) is 0 Å². The van der Waals surface area contributed by atoms with Gasteiger partial charge in [-0.3, -0.25) is 0 Å². The van der Waals surface area contributed by atoms with Crippen LogP contribution in [-0.2, 0) is 11.3 Å². The number of thiocarbonyl (C=S) groups is 1. The van der Waals surface area contributed by atoms with Gasteiger partial charge >= 0.3 is 0 Å². The molecule has 1 aromatic carbocycles. The number of ether oxygens (including phenoxy) is 1. The summed E-state index contributed by atoms with van der Waals surface area (Å²) in [4.78, 5) is 0.217. The van der Waals surface area contributed by atoms with Crippen molar-refractivity contribution >= 4 is 17.2 Å². The molecule has 0 spiro atoms. The molecule has 0 heterocycles.